The molecule has 0 unspecified atom stereocenters. The van der Waals surface area contributed by atoms with E-state index >= 15 is 0 Å². The van der Waals surface area contributed by atoms with Gasteiger partial charge in [-0.05, 0) is 20.8 Å². The van der Waals surface area contributed by atoms with E-state index in [0.717, 1.165) is 13.1 Å². The van der Waals surface area contributed by atoms with Crippen LogP contribution in [0.25, 0.3) is 0 Å². The monoisotopic (exact) mass is 300 g/mol. The Morgan fingerprint density at radius 3 is 2.19 bits per heavy atom. The molecule has 2 fully saturated rings. The maximum atomic E-state index is 11.5. The van der Waals surface area contributed by atoms with Gasteiger partial charge in [-0.2, -0.15) is 0 Å². The Balaban J connectivity index is 0.000000262. The second kappa shape index (κ2) is 7.82. The Hall–Kier alpha value is -1.83. The smallest absolute Gasteiger partial charge is 0.410 e. The van der Waals surface area contributed by atoms with Gasteiger partial charge in [0.25, 0.3) is 0 Å². The predicted molar refractivity (Wildman–Crippen MR) is 76.7 cm³/mol. The van der Waals surface area contributed by atoms with Crippen molar-refractivity contribution in [1.29, 1.82) is 0 Å². The molecule has 0 radical (unpaired) electrons. The topological polar surface area (TPSA) is 99.8 Å². The third kappa shape index (κ3) is 7.50. The minimum Gasteiger partial charge on any atom is -0.444 e. The van der Waals surface area contributed by atoms with Gasteiger partial charge in [0.15, 0.2) is 0 Å². The average Bonchev–Trinajstić information content (AvgIpc) is 2.38. The summed E-state index contributed by atoms with van der Waals surface area (Å²) < 4.78 is 5.13. The molecule has 8 heteroatoms. The van der Waals surface area contributed by atoms with Gasteiger partial charge in [0.1, 0.15) is 12.1 Å². The third-order valence-electron chi connectivity index (χ3n) is 2.60. The third-order valence-corrected chi connectivity index (χ3v) is 2.60. The Bertz CT molecular complexity index is 384. The average molecular weight is 300 g/mol. The summed E-state index contributed by atoms with van der Waals surface area (Å²) >= 11 is 0. The van der Waals surface area contributed by atoms with E-state index in [1.165, 1.54) is 4.90 Å². The van der Waals surface area contributed by atoms with Crippen LogP contribution in [-0.4, -0.2) is 67.7 Å². The minimum absolute atomic E-state index is 0.0922. The number of ether oxygens (including phenoxy) is 1. The van der Waals surface area contributed by atoms with E-state index in [-0.39, 0.29) is 18.4 Å². The summed E-state index contributed by atoms with van der Waals surface area (Å²) in [5.74, 6) is -0.0339. The molecule has 0 aliphatic carbocycles. The van der Waals surface area contributed by atoms with Gasteiger partial charge in [-0.3, -0.25) is 14.5 Å². The molecule has 0 aromatic heterocycles. The van der Waals surface area contributed by atoms with Gasteiger partial charge < -0.3 is 20.7 Å². The first-order valence-electron chi connectivity index (χ1n) is 7.00. The molecular weight excluding hydrogens is 276 g/mol. The lowest BCUT2D eigenvalue weighted by atomic mass is 10.2. The molecular formula is C13H24N4O4. The number of carbonyl (C=O) groups is 3. The molecule has 0 spiro atoms. The molecule has 2 saturated heterocycles. The van der Waals surface area contributed by atoms with Gasteiger partial charge in [0.05, 0.1) is 6.54 Å². The van der Waals surface area contributed by atoms with Crippen LogP contribution < -0.4 is 16.0 Å². The van der Waals surface area contributed by atoms with Crippen LogP contribution in [0.15, 0.2) is 0 Å². The Labute approximate surface area is 124 Å². The molecule has 0 saturated carbocycles. The fraction of sp³-hybridized carbons (Fsp3) is 0.769. The molecule has 2 aliphatic heterocycles. The van der Waals surface area contributed by atoms with E-state index in [0.29, 0.717) is 19.6 Å². The molecule has 21 heavy (non-hydrogen) atoms. The number of nitrogens with one attached hydrogen (secondary N) is 3. The quantitative estimate of drug-likeness (QED) is 0.536. The van der Waals surface area contributed by atoms with Crippen LogP contribution in [0.1, 0.15) is 20.8 Å². The van der Waals surface area contributed by atoms with E-state index in [2.05, 4.69) is 16.0 Å². The summed E-state index contributed by atoms with van der Waals surface area (Å²) in [6, 6.07) is 0. The summed E-state index contributed by atoms with van der Waals surface area (Å²) in [4.78, 5) is 34.2. The number of amides is 3. The van der Waals surface area contributed by atoms with Crippen molar-refractivity contribution in [2.75, 3.05) is 39.3 Å². The van der Waals surface area contributed by atoms with Crippen LogP contribution in [0.3, 0.4) is 0 Å². The highest BCUT2D eigenvalue weighted by Crippen LogP contribution is 2.10. The molecule has 3 N–H and O–H groups in total. The normalized spacial score (nSPS) is 18.9. The Morgan fingerprint density at radius 1 is 1.10 bits per heavy atom. The van der Waals surface area contributed by atoms with Crippen molar-refractivity contribution in [2.45, 2.75) is 26.4 Å². The molecule has 120 valence electrons. The molecule has 2 aliphatic rings. The van der Waals surface area contributed by atoms with Crippen LogP contribution in [0.2, 0.25) is 0 Å². The van der Waals surface area contributed by atoms with Crippen molar-refractivity contribution in [1.82, 2.24) is 20.9 Å². The fourth-order valence-electron chi connectivity index (χ4n) is 1.68. The fourth-order valence-corrected chi connectivity index (χ4v) is 1.68. The molecule has 2 rings (SSSR count). The number of hydrogen-bond donors (Lipinski definition) is 3. The number of rotatable bonds is 0. The lowest BCUT2D eigenvalue weighted by Gasteiger charge is -2.29. The van der Waals surface area contributed by atoms with Gasteiger partial charge in [0.2, 0.25) is 11.8 Å². The van der Waals surface area contributed by atoms with Gasteiger partial charge in [-0.25, -0.2) is 4.79 Å². The molecule has 0 atom stereocenters. The summed E-state index contributed by atoms with van der Waals surface area (Å²) in [6.07, 6.45) is -0.424. The number of hydrogen-bond acceptors (Lipinski definition) is 5. The number of piperazine rings is 2. The molecule has 3 amide bonds. The van der Waals surface area contributed by atoms with Crippen LogP contribution in [-0.2, 0) is 14.3 Å². The molecule has 8 nitrogen and oxygen atoms in total. The second-order valence-electron chi connectivity index (χ2n) is 5.78. The van der Waals surface area contributed by atoms with Crippen LogP contribution >= 0.6 is 0 Å². The number of carbonyl (C=O) groups excluding carboxylic acids is 3. The first-order valence-corrected chi connectivity index (χ1v) is 7.00. The SMILES string of the molecule is CC(C)(C)OC(=O)N1CCNC(=O)C1.O=C1CNCCN1. The number of nitrogens with zero attached hydrogens (tertiary/aromatic N) is 1. The summed E-state index contributed by atoms with van der Waals surface area (Å²) in [5.41, 5.74) is -0.509. The predicted octanol–water partition coefficient (Wildman–Crippen LogP) is -0.941. The van der Waals surface area contributed by atoms with E-state index in [9.17, 15) is 14.4 Å². The minimum atomic E-state index is -0.509. The zero-order chi connectivity index (χ0) is 15.9. The van der Waals surface area contributed by atoms with Crippen molar-refractivity contribution in [3.63, 3.8) is 0 Å². The van der Waals surface area contributed by atoms with E-state index in [4.69, 9.17) is 4.74 Å². The van der Waals surface area contributed by atoms with E-state index in [1.807, 2.05) is 0 Å². The standard InChI is InChI=1S/C9H16N2O3.C4H8N2O/c1-9(2,3)14-8(13)11-5-4-10-7(12)6-11;7-4-3-5-1-2-6-4/h4-6H2,1-3H3,(H,10,12);5H,1-3H2,(H,6,7). The van der Waals surface area contributed by atoms with Crippen molar-refractivity contribution < 1.29 is 19.1 Å². The van der Waals surface area contributed by atoms with E-state index < -0.39 is 11.7 Å². The molecule has 0 bridgehead atoms. The zero-order valence-corrected chi connectivity index (χ0v) is 12.8. The zero-order valence-electron chi connectivity index (χ0n) is 12.8. The highest BCUT2D eigenvalue weighted by molar-refractivity contribution is 5.83. The van der Waals surface area contributed by atoms with Crippen LogP contribution in [0, 0.1) is 0 Å². The summed E-state index contributed by atoms with van der Waals surface area (Å²) in [6.45, 7) is 8.68. The maximum absolute atomic E-state index is 11.5. The van der Waals surface area contributed by atoms with E-state index in [1.54, 1.807) is 20.8 Å². The summed E-state index contributed by atoms with van der Waals surface area (Å²) in [5, 5.41) is 8.24. The highest BCUT2D eigenvalue weighted by atomic mass is 16.6. The lowest BCUT2D eigenvalue weighted by molar-refractivity contribution is -0.124. The van der Waals surface area contributed by atoms with Gasteiger partial charge >= 0.3 is 6.09 Å². The van der Waals surface area contributed by atoms with Gasteiger partial charge in [-0.1, -0.05) is 0 Å². The van der Waals surface area contributed by atoms with Crippen molar-refractivity contribution >= 4 is 17.9 Å². The Morgan fingerprint density at radius 2 is 1.76 bits per heavy atom. The first kappa shape index (κ1) is 17.2. The van der Waals surface area contributed by atoms with Crippen molar-refractivity contribution in [3.8, 4) is 0 Å². The van der Waals surface area contributed by atoms with Gasteiger partial charge in [-0.15, -0.1) is 0 Å². The lowest BCUT2D eigenvalue weighted by Crippen LogP contribution is -2.51. The molecule has 2 heterocycles. The first-order chi connectivity index (χ1) is 9.78. The maximum Gasteiger partial charge on any atom is 0.410 e. The summed E-state index contributed by atoms with van der Waals surface area (Å²) in [7, 11) is 0. The van der Waals surface area contributed by atoms with Crippen molar-refractivity contribution in [3.05, 3.63) is 0 Å². The van der Waals surface area contributed by atoms with Crippen molar-refractivity contribution in [2.24, 2.45) is 0 Å². The van der Waals surface area contributed by atoms with Crippen LogP contribution in [0.5, 0.6) is 0 Å². The van der Waals surface area contributed by atoms with Gasteiger partial charge in [0, 0.05) is 26.2 Å². The molecule has 0 aromatic rings. The second-order valence-corrected chi connectivity index (χ2v) is 5.78. The largest absolute Gasteiger partial charge is 0.444 e. The Kier molecular flexibility index (Phi) is 6.41. The highest BCUT2D eigenvalue weighted by Gasteiger charge is 2.25. The molecule has 0 aromatic carbocycles. The van der Waals surface area contributed by atoms with Crippen LogP contribution in [0.4, 0.5) is 4.79 Å².